The van der Waals surface area contributed by atoms with Crippen LogP contribution in [0.1, 0.15) is 17.3 Å². The van der Waals surface area contributed by atoms with E-state index in [2.05, 4.69) is 9.46 Å². The summed E-state index contributed by atoms with van der Waals surface area (Å²) >= 11 is 0. The largest absolute Gasteiger partial charge is 0.452 e. The molecule has 152 valence electrons. The summed E-state index contributed by atoms with van der Waals surface area (Å²) in [7, 11) is -2.40. The van der Waals surface area contributed by atoms with Crippen molar-refractivity contribution in [1.29, 1.82) is 0 Å². The minimum atomic E-state index is -4.57. The Balaban J connectivity index is 2.62. The smallest absolute Gasteiger partial charge is 0.405 e. The fourth-order valence-electron chi connectivity index (χ4n) is 1.85. The standard InChI is InChI=1S/C15H19F3N2O6S/c1-10(7-25-2)20-27(23,24)12-5-3-11(4-6-12)14(22)26-8-13(21)19-9-15(16,17)18/h3-6,10,20H,7-9H2,1-2H3,(H,19,21)/t10-/m0/s1. The van der Waals surface area contributed by atoms with E-state index < -0.39 is 47.3 Å². The number of hydrogen-bond donors (Lipinski definition) is 2. The van der Waals surface area contributed by atoms with Crippen molar-refractivity contribution in [3.63, 3.8) is 0 Å². The predicted molar refractivity (Wildman–Crippen MR) is 87.4 cm³/mol. The number of rotatable bonds is 9. The molecule has 12 heteroatoms. The average molecular weight is 412 g/mol. The first-order valence-electron chi connectivity index (χ1n) is 7.56. The second-order valence-electron chi connectivity index (χ2n) is 5.47. The molecule has 0 aliphatic heterocycles. The van der Waals surface area contributed by atoms with Crippen molar-refractivity contribution >= 4 is 21.9 Å². The lowest BCUT2D eigenvalue weighted by molar-refractivity contribution is -0.140. The zero-order valence-electron chi connectivity index (χ0n) is 14.5. The van der Waals surface area contributed by atoms with E-state index in [0.717, 1.165) is 24.3 Å². The monoisotopic (exact) mass is 412 g/mol. The third kappa shape index (κ3) is 8.37. The van der Waals surface area contributed by atoms with Gasteiger partial charge < -0.3 is 14.8 Å². The van der Waals surface area contributed by atoms with Crippen LogP contribution in [0.3, 0.4) is 0 Å². The Morgan fingerprint density at radius 2 is 1.78 bits per heavy atom. The third-order valence-corrected chi connectivity index (χ3v) is 4.60. The first-order chi connectivity index (χ1) is 12.4. The van der Waals surface area contributed by atoms with Crippen molar-refractivity contribution in [2.24, 2.45) is 0 Å². The lowest BCUT2D eigenvalue weighted by atomic mass is 10.2. The number of nitrogens with one attached hydrogen (secondary N) is 2. The molecule has 1 rings (SSSR count). The van der Waals surface area contributed by atoms with E-state index >= 15 is 0 Å². The Kier molecular flexibility index (Phi) is 8.19. The van der Waals surface area contributed by atoms with E-state index in [4.69, 9.17) is 4.74 Å². The molecule has 0 saturated carbocycles. The highest BCUT2D eigenvalue weighted by molar-refractivity contribution is 7.89. The highest BCUT2D eigenvalue weighted by Gasteiger charge is 2.27. The average Bonchev–Trinajstić information content (AvgIpc) is 2.57. The maximum absolute atomic E-state index is 12.1. The Morgan fingerprint density at radius 3 is 2.30 bits per heavy atom. The number of alkyl halides is 3. The number of halogens is 3. The molecule has 1 amide bonds. The van der Waals surface area contributed by atoms with Gasteiger partial charge in [0.1, 0.15) is 6.54 Å². The van der Waals surface area contributed by atoms with E-state index in [1.807, 2.05) is 0 Å². The van der Waals surface area contributed by atoms with Gasteiger partial charge in [0.05, 0.1) is 17.1 Å². The number of hydrogen-bond acceptors (Lipinski definition) is 6. The van der Waals surface area contributed by atoms with Crippen LogP contribution in [0.4, 0.5) is 13.2 Å². The summed E-state index contributed by atoms with van der Waals surface area (Å²) in [5.74, 6) is -2.10. The summed E-state index contributed by atoms with van der Waals surface area (Å²) < 4.78 is 71.9. The second-order valence-corrected chi connectivity index (χ2v) is 7.18. The summed E-state index contributed by atoms with van der Waals surface area (Å²) in [6, 6.07) is 4.15. The Bertz CT molecular complexity index is 750. The quantitative estimate of drug-likeness (QED) is 0.582. The van der Waals surface area contributed by atoms with Crippen LogP contribution >= 0.6 is 0 Å². The van der Waals surface area contributed by atoms with Gasteiger partial charge in [-0.3, -0.25) is 4.79 Å². The summed E-state index contributed by atoms with van der Waals surface area (Å²) in [6.45, 7) is -0.661. The molecule has 1 aromatic rings. The van der Waals surface area contributed by atoms with Gasteiger partial charge in [-0.15, -0.1) is 0 Å². The molecule has 0 saturated heterocycles. The molecule has 0 radical (unpaired) electrons. The molecule has 0 unspecified atom stereocenters. The number of ether oxygens (including phenoxy) is 2. The molecule has 0 bridgehead atoms. The molecule has 0 aromatic heterocycles. The topological polar surface area (TPSA) is 111 Å². The van der Waals surface area contributed by atoms with Gasteiger partial charge in [-0.1, -0.05) is 0 Å². The molecule has 2 N–H and O–H groups in total. The summed E-state index contributed by atoms with van der Waals surface area (Å²) in [5, 5.41) is 1.55. The fraction of sp³-hybridized carbons (Fsp3) is 0.467. The molecule has 8 nitrogen and oxygen atoms in total. The molecule has 0 aliphatic carbocycles. The lowest BCUT2D eigenvalue weighted by Crippen LogP contribution is -2.36. The number of benzene rings is 1. The highest BCUT2D eigenvalue weighted by atomic mass is 32.2. The van der Waals surface area contributed by atoms with Crippen molar-refractivity contribution in [1.82, 2.24) is 10.0 Å². The van der Waals surface area contributed by atoms with Crippen LogP contribution in [0.2, 0.25) is 0 Å². The maximum atomic E-state index is 12.1. The van der Waals surface area contributed by atoms with E-state index in [1.165, 1.54) is 7.11 Å². The predicted octanol–water partition coefficient (Wildman–Crippen LogP) is 0.835. The van der Waals surface area contributed by atoms with Crippen LogP contribution in [-0.4, -0.2) is 59.4 Å². The maximum Gasteiger partial charge on any atom is 0.405 e. The van der Waals surface area contributed by atoms with Gasteiger partial charge in [0, 0.05) is 13.2 Å². The van der Waals surface area contributed by atoms with Crippen LogP contribution in [0.5, 0.6) is 0 Å². The number of amides is 1. The molecular weight excluding hydrogens is 393 g/mol. The van der Waals surface area contributed by atoms with Gasteiger partial charge >= 0.3 is 12.1 Å². The minimum absolute atomic E-state index is 0.0671. The number of esters is 1. The molecule has 27 heavy (non-hydrogen) atoms. The number of carbonyl (C=O) groups excluding carboxylic acids is 2. The number of methoxy groups -OCH3 is 1. The van der Waals surface area contributed by atoms with Gasteiger partial charge in [0.2, 0.25) is 10.0 Å². The number of sulfonamides is 1. The summed E-state index contributed by atoms with van der Waals surface area (Å²) in [4.78, 5) is 22.8. The van der Waals surface area contributed by atoms with Crippen molar-refractivity contribution in [3.05, 3.63) is 29.8 Å². The van der Waals surface area contributed by atoms with Gasteiger partial charge in [0.25, 0.3) is 5.91 Å². The van der Waals surface area contributed by atoms with Crippen molar-refractivity contribution in [2.75, 3.05) is 26.9 Å². The first kappa shape index (κ1) is 22.9. The Labute approximate surface area is 154 Å². The van der Waals surface area contributed by atoms with Crippen LogP contribution in [0.15, 0.2) is 29.2 Å². The van der Waals surface area contributed by atoms with Gasteiger partial charge in [-0.05, 0) is 31.2 Å². The minimum Gasteiger partial charge on any atom is -0.452 e. The Morgan fingerprint density at radius 1 is 1.19 bits per heavy atom. The van der Waals surface area contributed by atoms with Crippen LogP contribution in [-0.2, 0) is 24.3 Å². The van der Waals surface area contributed by atoms with Gasteiger partial charge in [0.15, 0.2) is 6.61 Å². The SMILES string of the molecule is COC[C@H](C)NS(=O)(=O)c1ccc(C(=O)OCC(=O)NCC(F)(F)F)cc1. The third-order valence-electron chi connectivity index (χ3n) is 2.99. The molecule has 1 aromatic carbocycles. The molecule has 0 spiro atoms. The van der Waals surface area contributed by atoms with E-state index in [9.17, 15) is 31.2 Å². The lowest BCUT2D eigenvalue weighted by Gasteiger charge is -2.13. The second kappa shape index (κ2) is 9.67. The van der Waals surface area contributed by atoms with Crippen molar-refractivity contribution < 1.29 is 40.7 Å². The van der Waals surface area contributed by atoms with Crippen molar-refractivity contribution in [3.8, 4) is 0 Å². The van der Waals surface area contributed by atoms with Crippen LogP contribution < -0.4 is 10.0 Å². The van der Waals surface area contributed by atoms with Gasteiger partial charge in [-0.25, -0.2) is 17.9 Å². The molecule has 0 fully saturated rings. The van der Waals surface area contributed by atoms with Crippen LogP contribution in [0, 0.1) is 0 Å². The normalized spacial score (nSPS) is 13.1. The van der Waals surface area contributed by atoms with E-state index in [-0.39, 0.29) is 17.1 Å². The molecule has 1 atom stereocenters. The van der Waals surface area contributed by atoms with E-state index in [1.54, 1.807) is 12.2 Å². The van der Waals surface area contributed by atoms with Gasteiger partial charge in [-0.2, -0.15) is 13.2 Å². The molecule has 0 aliphatic rings. The van der Waals surface area contributed by atoms with E-state index in [0.29, 0.717) is 0 Å². The molecule has 0 heterocycles. The first-order valence-corrected chi connectivity index (χ1v) is 9.05. The Hall–Kier alpha value is -2.18. The van der Waals surface area contributed by atoms with Crippen molar-refractivity contribution in [2.45, 2.75) is 24.0 Å². The zero-order chi connectivity index (χ0) is 20.7. The summed E-state index contributed by atoms with van der Waals surface area (Å²) in [6.07, 6.45) is -4.57. The zero-order valence-corrected chi connectivity index (χ0v) is 15.3. The van der Waals surface area contributed by atoms with Crippen LogP contribution in [0.25, 0.3) is 0 Å². The fourth-order valence-corrected chi connectivity index (χ4v) is 3.08. The summed E-state index contributed by atoms with van der Waals surface area (Å²) in [5.41, 5.74) is -0.0671. The number of carbonyl (C=O) groups is 2. The molecular formula is C15H19F3N2O6S. The highest BCUT2D eigenvalue weighted by Crippen LogP contribution is 2.13.